The Labute approximate surface area is 144 Å². The second kappa shape index (κ2) is 9.05. The standard InChI is InChI=1S/C12H28O9P2Si/c1-17-22(15,18-2)12(21-24(5,6)7,10-8-9-11(13)14)23(16,19-3)20-4/h8-10H2,1-7H3,(H,13,14). The van der Waals surface area contributed by atoms with Crippen LogP contribution in [0.2, 0.25) is 19.6 Å². The number of carboxylic acids is 1. The van der Waals surface area contributed by atoms with Crippen molar-refractivity contribution in [2.75, 3.05) is 28.4 Å². The zero-order valence-corrected chi connectivity index (χ0v) is 18.0. The largest absolute Gasteiger partial charge is 0.481 e. The van der Waals surface area contributed by atoms with Crippen LogP contribution in [0.1, 0.15) is 19.3 Å². The van der Waals surface area contributed by atoms with Gasteiger partial charge in [0.05, 0.1) is 0 Å². The SMILES string of the molecule is COP(=O)(OC)C(CCCC(=O)O)(O[Si](C)(C)C)P(=O)(OC)OC. The normalized spacial score (nSPS) is 14.0. The fourth-order valence-electron chi connectivity index (χ4n) is 2.27. The maximum atomic E-state index is 13.3. The Hall–Kier alpha value is -0.0531. The van der Waals surface area contributed by atoms with Gasteiger partial charge in [-0.3, -0.25) is 13.9 Å². The summed E-state index contributed by atoms with van der Waals surface area (Å²) in [6, 6.07) is 0. The van der Waals surface area contributed by atoms with Crippen LogP contribution in [0, 0.1) is 0 Å². The Morgan fingerprint density at radius 1 is 0.958 bits per heavy atom. The van der Waals surface area contributed by atoms with Gasteiger partial charge in [-0.15, -0.1) is 0 Å². The van der Waals surface area contributed by atoms with Crippen LogP contribution in [0.3, 0.4) is 0 Å². The molecular weight excluding hydrogens is 378 g/mol. The van der Waals surface area contributed by atoms with E-state index in [1.165, 1.54) is 0 Å². The van der Waals surface area contributed by atoms with Crippen molar-refractivity contribution in [3.63, 3.8) is 0 Å². The van der Waals surface area contributed by atoms with Crippen LogP contribution in [0.5, 0.6) is 0 Å². The first-order valence-electron chi connectivity index (χ1n) is 7.22. The minimum absolute atomic E-state index is 0.0211. The van der Waals surface area contributed by atoms with Crippen LogP contribution in [-0.4, -0.2) is 52.9 Å². The minimum atomic E-state index is -4.13. The molecule has 0 aliphatic carbocycles. The summed E-state index contributed by atoms with van der Waals surface area (Å²) < 4.78 is 52.8. The van der Waals surface area contributed by atoms with Crippen LogP contribution >= 0.6 is 15.2 Å². The molecule has 0 heterocycles. The van der Waals surface area contributed by atoms with E-state index in [2.05, 4.69) is 0 Å². The van der Waals surface area contributed by atoms with E-state index >= 15 is 0 Å². The molecule has 0 saturated carbocycles. The smallest absolute Gasteiger partial charge is 0.373 e. The zero-order valence-electron chi connectivity index (χ0n) is 15.2. The Balaban J connectivity index is 6.36. The summed E-state index contributed by atoms with van der Waals surface area (Å²) >= 11 is 0. The van der Waals surface area contributed by atoms with Gasteiger partial charge in [0.1, 0.15) is 0 Å². The van der Waals surface area contributed by atoms with E-state index in [4.69, 9.17) is 27.6 Å². The van der Waals surface area contributed by atoms with Gasteiger partial charge in [0.2, 0.25) is 0 Å². The third-order valence-corrected chi connectivity index (χ3v) is 10.2. The summed E-state index contributed by atoms with van der Waals surface area (Å²) in [5, 5.41) is 6.83. The molecule has 0 saturated heterocycles. The molecule has 0 aliphatic rings. The number of hydrogen-bond donors (Lipinski definition) is 1. The molecule has 12 heteroatoms. The van der Waals surface area contributed by atoms with Gasteiger partial charge < -0.3 is 27.6 Å². The molecule has 0 aromatic heterocycles. The van der Waals surface area contributed by atoms with Gasteiger partial charge in [-0.05, 0) is 32.5 Å². The van der Waals surface area contributed by atoms with Crippen LogP contribution < -0.4 is 0 Å². The number of aliphatic carboxylic acids is 1. The maximum Gasteiger partial charge on any atom is 0.373 e. The third kappa shape index (κ3) is 5.22. The molecule has 0 rings (SSSR count). The van der Waals surface area contributed by atoms with Gasteiger partial charge in [-0.2, -0.15) is 0 Å². The summed E-state index contributed by atoms with van der Waals surface area (Å²) in [7, 11) is -6.17. The zero-order chi connectivity index (χ0) is 19.2. The molecule has 24 heavy (non-hydrogen) atoms. The lowest BCUT2D eigenvalue weighted by molar-refractivity contribution is -0.137. The first kappa shape index (κ1) is 23.9. The molecule has 144 valence electrons. The average Bonchev–Trinajstić information content (AvgIpc) is 2.50. The van der Waals surface area contributed by atoms with E-state index in [0.717, 1.165) is 28.4 Å². The highest BCUT2D eigenvalue weighted by atomic mass is 31.2. The van der Waals surface area contributed by atoms with Gasteiger partial charge in [-0.1, -0.05) is 0 Å². The van der Waals surface area contributed by atoms with Crippen molar-refractivity contribution in [3.05, 3.63) is 0 Å². The Kier molecular flexibility index (Phi) is 9.03. The molecule has 0 radical (unpaired) electrons. The Morgan fingerprint density at radius 3 is 1.58 bits per heavy atom. The second-order valence-electron chi connectivity index (χ2n) is 5.93. The third-order valence-electron chi connectivity index (χ3n) is 3.18. The van der Waals surface area contributed by atoms with Crippen LogP contribution in [0.4, 0.5) is 0 Å². The number of carboxylic acid groups (broad SMARTS) is 1. The Bertz CT molecular complexity index is 475. The van der Waals surface area contributed by atoms with Crippen molar-refractivity contribution in [1.29, 1.82) is 0 Å². The van der Waals surface area contributed by atoms with Gasteiger partial charge in [-0.25, -0.2) is 0 Å². The van der Waals surface area contributed by atoms with E-state index in [0.29, 0.717) is 0 Å². The lowest BCUT2D eigenvalue weighted by Crippen LogP contribution is -2.44. The van der Waals surface area contributed by atoms with Crippen molar-refractivity contribution in [1.82, 2.24) is 0 Å². The predicted octanol–water partition coefficient (Wildman–Crippen LogP) is 3.72. The fraction of sp³-hybridized carbons (Fsp3) is 0.917. The summed E-state index contributed by atoms with van der Waals surface area (Å²) in [5.41, 5.74) is 0. The highest BCUT2D eigenvalue weighted by molar-refractivity contribution is 7.74. The van der Waals surface area contributed by atoms with Gasteiger partial charge >= 0.3 is 21.2 Å². The van der Waals surface area contributed by atoms with Gasteiger partial charge in [0.25, 0.3) is 5.08 Å². The van der Waals surface area contributed by atoms with E-state index in [1.807, 2.05) is 0 Å². The van der Waals surface area contributed by atoms with Crippen molar-refractivity contribution >= 4 is 29.5 Å². The van der Waals surface area contributed by atoms with Gasteiger partial charge in [0.15, 0.2) is 8.32 Å². The number of rotatable bonds is 12. The van der Waals surface area contributed by atoms with E-state index in [9.17, 15) is 13.9 Å². The molecule has 0 bridgehead atoms. The summed E-state index contributed by atoms with van der Waals surface area (Å²) in [5.74, 6) is -1.05. The van der Waals surface area contributed by atoms with Crippen LogP contribution in [0.15, 0.2) is 0 Å². The van der Waals surface area contributed by atoms with Crippen molar-refractivity contribution in [2.24, 2.45) is 0 Å². The van der Waals surface area contributed by atoms with Gasteiger partial charge in [0, 0.05) is 34.9 Å². The van der Waals surface area contributed by atoms with Crippen molar-refractivity contribution in [3.8, 4) is 0 Å². The van der Waals surface area contributed by atoms with E-state index in [-0.39, 0.29) is 19.3 Å². The molecular formula is C12H28O9P2Si. The van der Waals surface area contributed by atoms with Crippen molar-refractivity contribution in [2.45, 2.75) is 44.0 Å². The monoisotopic (exact) mass is 406 g/mol. The predicted molar refractivity (Wildman–Crippen MR) is 91.9 cm³/mol. The average molecular weight is 406 g/mol. The minimum Gasteiger partial charge on any atom is -0.481 e. The molecule has 0 amide bonds. The summed E-state index contributed by atoms with van der Waals surface area (Å²) in [6.07, 6.45) is -0.410. The highest BCUT2D eigenvalue weighted by Crippen LogP contribution is 2.79. The molecule has 0 aromatic carbocycles. The first-order valence-corrected chi connectivity index (χ1v) is 13.7. The quantitative estimate of drug-likeness (QED) is 0.382. The molecule has 0 spiro atoms. The molecule has 0 aliphatic heterocycles. The molecule has 0 unspecified atom stereocenters. The Morgan fingerprint density at radius 2 is 1.33 bits per heavy atom. The van der Waals surface area contributed by atoms with E-state index < -0.39 is 34.6 Å². The van der Waals surface area contributed by atoms with E-state index in [1.54, 1.807) is 19.6 Å². The maximum absolute atomic E-state index is 13.3. The van der Waals surface area contributed by atoms with Crippen LogP contribution in [-0.2, 0) is 36.4 Å². The topological polar surface area (TPSA) is 118 Å². The molecule has 0 aromatic rings. The lowest BCUT2D eigenvalue weighted by atomic mass is 10.2. The summed E-state index contributed by atoms with van der Waals surface area (Å²) in [4.78, 5) is 10.9. The molecule has 9 nitrogen and oxygen atoms in total. The second-order valence-corrected chi connectivity index (χ2v) is 15.6. The fourth-order valence-corrected chi connectivity index (χ4v) is 10.4. The van der Waals surface area contributed by atoms with Crippen LogP contribution in [0.25, 0.3) is 0 Å². The summed E-state index contributed by atoms with van der Waals surface area (Å²) in [6.45, 7) is 5.39. The molecule has 0 fully saturated rings. The molecule has 1 N–H and O–H groups in total. The van der Waals surface area contributed by atoms with Crippen molar-refractivity contribution < 1.29 is 41.6 Å². The first-order chi connectivity index (χ1) is 10.9. The highest BCUT2D eigenvalue weighted by Gasteiger charge is 2.66. The lowest BCUT2D eigenvalue weighted by Gasteiger charge is -2.43. The number of hydrogen-bond acceptors (Lipinski definition) is 8. The molecule has 0 atom stereocenters. The number of carbonyl (C=O) groups is 1.